The van der Waals surface area contributed by atoms with Crippen LogP contribution in [0.15, 0.2) is 4.99 Å². The summed E-state index contributed by atoms with van der Waals surface area (Å²) in [6.07, 6.45) is 0.990. The van der Waals surface area contributed by atoms with Gasteiger partial charge in [-0.15, -0.1) is 0 Å². The van der Waals surface area contributed by atoms with Crippen LogP contribution in [0.4, 0.5) is 0 Å². The zero-order chi connectivity index (χ0) is 6.91. The van der Waals surface area contributed by atoms with Gasteiger partial charge >= 0.3 is 0 Å². The van der Waals surface area contributed by atoms with Crippen LogP contribution in [0.1, 0.15) is 20.3 Å². The highest BCUT2D eigenvalue weighted by molar-refractivity contribution is 5.84. The molecule has 0 radical (unpaired) electrons. The lowest BCUT2D eigenvalue weighted by molar-refractivity contribution is 0.0273. The molecule has 0 N–H and O–H groups in total. The summed E-state index contributed by atoms with van der Waals surface area (Å²) < 4.78 is 5.25. The lowest BCUT2D eigenvalue weighted by Gasteiger charge is -2.19. The second-order valence-electron chi connectivity index (χ2n) is 2.88. The molecule has 0 bridgehead atoms. The normalized spacial score (nSPS) is 34.8. The van der Waals surface area contributed by atoms with E-state index in [1.165, 1.54) is 5.71 Å². The van der Waals surface area contributed by atoms with Gasteiger partial charge < -0.3 is 4.74 Å². The first-order valence-corrected chi connectivity index (χ1v) is 3.21. The lowest BCUT2D eigenvalue weighted by Crippen LogP contribution is -2.27. The Morgan fingerprint density at radius 1 is 1.67 bits per heavy atom. The number of methoxy groups -OCH3 is 1. The maximum atomic E-state index is 5.25. The summed E-state index contributed by atoms with van der Waals surface area (Å²) in [6.45, 7) is 4.96. The van der Waals surface area contributed by atoms with Crippen molar-refractivity contribution in [1.82, 2.24) is 0 Å². The average molecular weight is 127 g/mol. The quantitative estimate of drug-likeness (QED) is 0.519. The van der Waals surface area contributed by atoms with Crippen LogP contribution in [-0.2, 0) is 4.74 Å². The molecule has 2 nitrogen and oxygen atoms in total. The fourth-order valence-corrected chi connectivity index (χ4v) is 1.09. The zero-order valence-corrected chi connectivity index (χ0v) is 6.27. The summed E-state index contributed by atoms with van der Waals surface area (Å²) in [5.74, 6) is 0. The van der Waals surface area contributed by atoms with Gasteiger partial charge in [0.1, 0.15) is 0 Å². The third-order valence-corrected chi connectivity index (χ3v) is 1.81. The molecule has 1 aliphatic rings. The highest BCUT2D eigenvalue weighted by atomic mass is 16.5. The van der Waals surface area contributed by atoms with Crippen LogP contribution in [0.3, 0.4) is 0 Å². The number of hydrogen-bond acceptors (Lipinski definition) is 2. The zero-order valence-electron chi connectivity index (χ0n) is 6.27. The first-order valence-electron chi connectivity index (χ1n) is 3.21. The van der Waals surface area contributed by atoms with Crippen molar-refractivity contribution in [3.63, 3.8) is 0 Å². The van der Waals surface area contributed by atoms with E-state index in [4.69, 9.17) is 4.74 Å². The lowest BCUT2D eigenvalue weighted by atomic mass is 10.0. The first kappa shape index (κ1) is 6.75. The van der Waals surface area contributed by atoms with E-state index in [0.29, 0.717) is 0 Å². The van der Waals surface area contributed by atoms with Gasteiger partial charge in [0.2, 0.25) is 0 Å². The van der Waals surface area contributed by atoms with Crippen LogP contribution in [0.2, 0.25) is 0 Å². The fourth-order valence-electron chi connectivity index (χ4n) is 1.09. The van der Waals surface area contributed by atoms with Gasteiger partial charge in [0.15, 0.2) is 0 Å². The van der Waals surface area contributed by atoms with Gasteiger partial charge in [-0.25, -0.2) is 0 Å². The molecule has 1 unspecified atom stereocenters. The van der Waals surface area contributed by atoms with Crippen LogP contribution in [0.25, 0.3) is 0 Å². The second kappa shape index (κ2) is 2.10. The minimum absolute atomic E-state index is 0.00405. The molecular formula is C7H13NO. The molecule has 0 aliphatic carbocycles. The molecule has 2 heteroatoms. The topological polar surface area (TPSA) is 21.6 Å². The number of nitrogens with zero attached hydrogens (tertiary/aromatic N) is 1. The van der Waals surface area contributed by atoms with Crippen molar-refractivity contribution in [1.29, 1.82) is 0 Å². The van der Waals surface area contributed by atoms with E-state index in [0.717, 1.165) is 13.0 Å². The Labute approximate surface area is 55.9 Å². The predicted molar refractivity (Wildman–Crippen MR) is 38.0 cm³/mol. The van der Waals surface area contributed by atoms with Crippen LogP contribution in [0, 0.1) is 0 Å². The van der Waals surface area contributed by atoms with Crippen molar-refractivity contribution in [3.05, 3.63) is 0 Å². The van der Waals surface area contributed by atoms with Crippen LogP contribution in [0.5, 0.6) is 0 Å². The fraction of sp³-hybridized carbons (Fsp3) is 0.857. The van der Waals surface area contributed by atoms with Gasteiger partial charge in [0, 0.05) is 19.2 Å². The smallest absolute Gasteiger partial charge is 0.0896 e. The maximum absolute atomic E-state index is 5.25. The van der Waals surface area contributed by atoms with E-state index >= 15 is 0 Å². The summed E-state index contributed by atoms with van der Waals surface area (Å²) in [7, 11) is 1.74. The van der Waals surface area contributed by atoms with Crippen molar-refractivity contribution in [2.45, 2.75) is 25.9 Å². The molecule has 1 heterocycles. The van der Waals surface area contributed by atoms with Crippen molar-refractivity contribution < 1.29 is 4.74 Å². The molecule has 0 aromatic carbocycles. The van der Waals surface area contributed by atoms with Crippen LogP contribution in [-0.4, -0.2) is 25.0 Å². The van der Waals surface area contributed by atoms with Crippen LogP contribution >= 0.6 is 0 Å². The van der Waals surface area contributed by atoms with Crippen LogP contribution < -0.4 is 0 Å². The molecular weight excluding hydrogens is 114 g/mol. The predicted octanol–water partition coefficient (Wildman–Crippen LogP) is 1.26. The third-order valence-electron chi connectivity index (χ3n) is 1.81. The van der Waals surface area contributed by atoms with Crippen molar-refractivity contribution in [3.8, 4) is 0 Å². The van der Waals surface area contributed by atoms with E-state index in [1.54, 1.807) is 7.11 Å². The minimum atomic E-state index is 0.00405. The van der Waals surface area contributed by atoms with Crippen molar-refractivity contribution in [2.24, 2.45) is 4.99 Å². The summed E-state index contributed by atoms with van der Waals surface area (Å²) in [6, 6.07) is 0. The van der Waals surface area contributed by atoms with Gasteiger partial charge in [0.05, 0.1) is 12.1 Å². The van der Waals surface area contributed by atoms with E-state index in [9.17, 15) is 0 Å². The van der Waals surface area contributed by atoms with E-state index in [1.807, 2.05) is 6.92 Å². The van der Waals surface area contributed by atoms with E-state index in [2.05, 4.69) is 11.9 Å². The molecule has 1 atom stereocenters. The van der Waals surface area contributed by atoms with Gasteiger partial charge in [-0.2, -0.15) is 0 Å². The maximum Gasteiger partial charge on any atom is 0.0896 e. The number of aliphatic imine (C=N–C) groups is 1. The molecule has 0 aromatic rings. The molecule has 0 saturated heterocycles. The molecule has 0 fully saturated rings. The Morgan fingerprint density at radius 2 is 2.33 bits per heavy atom. The number of hydrogen-bond donors (Lipinski definition) is 0. The highest BCUT2D eigenvalue weighted by Crippen LogP contribution is 2.21. The van der Waals surface area contributed by atoms with Crippen molar-refractivity contribution in [2.75, 3.05) is 13.7 Å². The third kappa shape index (κ3) is 1.30. The van der Waals surface area contributed by atoms with E-state index < -0.39 is 0 Å². The van der Waals surface area contributed by atoms with E-state index in [-0.39, 0.29) is 5.60 Å². The Morgan fingerprint density at radius 3 is 2.56 bits per heavy atom. The molecule has 0 spiro atoms. The first-order chi connectivity index (χ1) is 4.16. The minimum Gasteiger partial charge on any atom is -0.376 e. The van der Waals surface area contributed by atoms with Gasteiger partial charge in [-0.05, 0) is 13.8 Å². The standard InChI is InChI=1S/C7H13NO/c1-6-4-7(2,9-3)5-8-6/h4-5H2,1-3H3. The summed E-state index contributed by atoms with van der Waals surface area (Å²) >= 11 is 0. The second-order valence-corrected chi connectivity index (χ2v) is 2.88. The summed E-state index contributed by atoms with van der Waals surface area (Å²) in [4.78, 5) is 4.25. The Balaban J connectivity index is 2.53. The molecule has 0 aromatic heterocycles. The van der Waals surface area contributed by atoms with Crippen molar-refractivity contribution >= 4 is 5.71 Å². The molecule has 0 saturated carbocycles. The number of rotatable bonds is 1. The number of ether oxygens (including phenoxy) is 1. The molecule has 9 heavy (non-hydrogen) atoms. The SMILES string of the molecule is COC1(C)CN=C(C)C1. The van der Waals surface area contributed by atoms with Gasteiger partial charge in [0.25, 0.3) is 0 Å². The Hall–Kier alpha value is -0.370. The van der Waals surface area contributed by atoms with Gasteiger partial charge in [-0.3, -0.25) is 4.99 Å². The highest BCUT2D eigenvalue weighted by Gasteiger charge is 2.28. The largest absolute Gasteiger partial charge is 0.376 e. The monoisotopic (exact) mass is 127 g/mol. The molecule has 1 rings (SSSR count). The Bertz CT molecular complexity index is 142. The summed E-state index contributed by atoms with van der Waals surface area (Å²) in [5.41, 5.74) is 1.21. The molecule has 1 aliphatic heterocycles. The molecule has 0 amide bonds. The Kier molecular flexibility index (Phi) is 1.58. The van der Waals surface area contributed by atoms with Gasteiger partial charge in [-0.1, -0.05) is 0 Å². The summed E-state index contributed by atoms with van der Waals surface area (Å²) in [5, 5.41) is 0. The molecule has 52 valence electrons. The average Bonchev–Trinajstić information content (AvgIpc) is 2.13.